The Balaban J connectivity index is 2.61. The summed E-state index contributed by atoms with van der Waals surface area (Å²) >= 11 is 4.05. The van der Waals surface area contributed by atoms with Gasteiger partial charge in [0.25, 0.3) is 0 Å². The predicted molar refractivity (Wildman–Crippen MR) is 35.5 cm³/mol. The van der Waals surface area contributed by atoms with Crippen LogP contribution in [0, 0.1) is 0 Å². The molecule has 1 atom stereocenters. The highest BCUT2D eigenvalue weighted by Crippen LogP contribution is 2.21. The van der Waals surface area contributed by atoms with Crippen LogP contribution in [0.3, 0.4) is 0 Å². The van der Waals surface area contributed by atoms with Crippen LogP contribution in [0.2, 0.25) is 0 Å². The van der Waals surface area contributed by atoms with Gasteiger partial charge in [-0.05, 0) is 10.8 Å². The molecule has 0 amide bonds. The molecule has 1 unspecified atom stereocenters. The fourth-order valence-electron chi connectivity index (χ4n) is 0.176. The molecule has 0 spiro atoms. The second kappa shape index (κ2) is 2.04. The highest BCUT2D eigenvalue weighted by molar-refractivity contribution is 8.99. The van der Waals surface area contributed by atoms with Gasteiger partial charge in [-0.2, -0.15) is 0 Å². The molecule has 0 aliphatic carbocycles. The molecule has 1 nitrogen and oxygen atoms in total. The molecule has 0 aromatic carbocycles. The Labute approximate surface area is 47.5 Å². The van der Waals surface area contributed by atoms with Crippen molar-refractivity contribution >= 4 is 31.2 Å². The quantitative estimate of drug-likeness (QED) is 0.396. The molecule has 1 heterocycles. The van der Waals surface area contributed by atoms with Crippen LogP contribution in [-0.2, 0) is 8.76 Å². The Morgan fingerprint density at radius 1 is 1.83 bits per heavy atom. The van der Waals surface area contributed by atoms with Crippen molar-refractivity contribution in [1.29, 1.82) is 0 Å². The maximum atomic E-state index is 4.05. The van der Waals surface area contributed by atoms with Crippen molar-refractivity contribution in [3.63, 3.8) is 0 Å². The van der Waals surface area contributed by atoms with E-state index < -0.39 is 0 Å². The zero-order valence-corrected chi connectivity index (χ0v) is 5.39. The van der Waals surface area contributed by atoms with Crippen molar-refractivity contribution in [3.05, 3.63) is 11.6 Å². The molecule has 1 aliphatic heterocycles. The molecule has 0 aromatic heterocycles. The molecule has 0 bridgehead atoms. The van der Waals surface area contributed by atoms with Gasteiger partial charge in [0.05, 0.1) is 0 Å². The van der Waals surface area contributed by atoms with Crippen LogP contribution in [0.15, 0.2) is 16.0 Å². The van der Waals surface area contributed by atoms with Gasteiger partial charge in [0.1, 0.15) is 0 Å². The van der Waals surface area contributed by atoms with Crippen molar-refractivity contribution in [1.82, 2.24) is 0 Å². The first-order valence-corrected chi connectivity index (χ1v) is 4.99. The van der Waals surface area contributed by atoms with Gasteiger partial charge in [-0.25, -0.2) is 4.36 Å². The Kier molecular flexibility index (Phi) is 1.62. The summed E-state index contributed by atoms with van der Waals surface area (Å²) in [6.07, 6.45) is 1.78. The normalized spacial score (nSPS) is 30.5. The van der Waals surface area contributed by atoms with E-state index in [0.717, 1.165) is 0 Å². The third-order valence-corrected chi connectivity index (χ3v) is 3.23. The topological polar surface area (TPSA) is 12.4 Å². The number of nitrogens with zero attached hydrogens (tertiary/aromatic N) is 1. The fraction of sp³-hybridized carbons (Fsp3) is 0. The van der Waals surface area contributed by atoms with Crippen molar-refractivity contribution in [2.45, 2.75) is 0 Å². The molecule has 0 radical (unpaired) electrons. The van der Waals surface area contributed by atoms with Gasteiger partial charge in [-0.15, -0.1) is 0 Å². The summed E-state index contributed by atoms with van der Waals surface area (Å²) in [4.78, 5) is 0. The standard InChI is InChI=1S/C2H3NS3/c4-6-3-1-2-5-6/h1-2H,(H,3,4). The average Bonchev–Trinajstić information content (AvgIpc) is 1.86. The minimum absolute atomic E-state index is 0.0478. The van der Waals surface area contributed by atoms with Gasteiger partial charge in [-0.3, -0.25) is 0 Å². The summed E-state index contributed by atoms with van der Waals surface area (Å²) < 4.78 is 3.91. The van der Waals surface area contributed by atoms with Crippen molar-refractivity contribution < 1.29 is 0 Å². The zero-order chi connectivity index (χ0) is 4.41. The maximum absolute atomic E-state index is 4.05. The molecule has 0 N–H and O–H groups in total. The molecular weight excluding hydrogens is 134 g/mol. The molecule has 0 fully saturated rings. The van der Waals surface area contributed by atoms with E-state index >= 15 is 0 Å². The lowest BCUT2D eigenvalue weighted by Gasteiger charge is -1.77. The molecule has 34 valence electrons. The highest BCUT2D eigenvalue weighted by atomic mass is 33.5. The van der Waals surface area contributed by atoms with E-state index in [9.17, 15) is 0 Å². The summed E-state index contributed by atoms with van der Waals surface area (Å²) in [5.74, 6) is 0. The van der Waals surface area contributed by atoms with E-state index in [4.69, 9.17) is 0 Å². The van der Waals surface area contributed by atoms with Gasteiger partial charge in [-0.1, -0.05) is 11.7 Å². The third kappa shape index (κ3) is 1.03. The molecule has 4 heteroatoms. The first-order valence-electron chi connectivity index (χ1n) is 1.36. The van der Waals surface area contributed by atoms with Crippen molar-refractivity contribution in [2.75, 3.05) is 0 Å². The van der Waals surface area contributed by atoms with Crippen LogP contribution < -0.4 is 0 Å². The Bertz CT molecular complexity index is 105. The molecule has 6 heavy (non-hydrogen) atoms. The molecule has 0 saturated carbocycles. The number of rotatable bonds is 0. The van der Waals surface area contributed by atoms with E-state index in [0.29, 0.717) is 0 Å². The second-order valence-corrected chi connectivity index (χ2v) is 5.16. The summed E-state index contributed by atoms with van der Waals surface area (Å²) in [5.41, 5.74) is 0. The van der Waals surface area contributed by atoms with Crippen LogP contribution >= 0.6 is 22.5 Å². The van der Waals surface area contributed by atoms with Gasteiger partial charge in [0.2, 0.25) is 0 Å². The Morgan fingerprint density at radius 3 is 2.83 bits per heavy atom. The molecular formula is C2H3NS3. The van der Waals surface area contributed by atoms with Gasteiger partial charge in [0, 0.05) is 20.4 Å². The van der Waals surface area contributed by atoms with E-state index in [1.54, 1.807) is 17.0 Å². The summed E-state index contributed by atoms with van der Waals surface area (Å²) in [7, 11) is 1.59. The average molecular weight is 137 g/mol. The molecule has 1 rings (SSSR count). The van der Waals surface area contributed by atoms with Crippen LogP contribution in [0.4, 0.5) is 0 Å². The highest BCUT2D eigenvalue weighted by Gasteiger charge is 1.88. The lowest BCUT2D eigenvalue weighted by atomic mass is 11.1. The minimum atomic E-state index is -0.0478. The first kappa shape index (κ1) is 4.74. The molecule has 0 saturated heterocycles. The van der Waals surface area contributed by atoms with Gasteiger partial charge >= 0.3 is 0 Å². The maximum Gasteiger partial charge on any atom is 0.0433 e. The number of thiol groups is 1. The number of hydrogen-bond donors (Lipinski definition) is 1. The molecule has 1 aliphatic rings. The van der Waals surface area contributed by atoms with Crippen LogP contribution in [0.25, 0.3) is 0 Å². The zero-order valence-electron chi connectivity index (χ0n) is 2.87. The lowest BCUT2D eigenvalue weighted by Crippen LogP contribution is -1.47. The first-order chi connectivity index (χ1) is 2.89. The third-order valence-electron chi connectivity index (χ3n) is 0.354. The lowest BCUT2D eigenvalue weighted by molar-refractivity contribution is 1.69. The van der Waals surface area contributed by atoms with Crippen molar-refractivity contribution in [3.8, 4) is 0 Å². The summed E-state index contributed by atoms with van der Waals surface area (Å²) in [6.45, 7) is 0. The van der Waals surface area contributed by atoms with Crippen LogP contribution in [0.1, 0.15) is 0 Å². The van der Waals surface area contributed by atoms with E-state index in [2.05, 4.69) is 16.0 Å². The van der Waals surface area contributed by atoms with Gasteiger partial charge < -0.3 is 0 Å². The second-order valence-electron chi connectivity index (χ2n) is 0.718. The minimum Gasteiger partial charge on any atom is -0.214 e. The summed E-state index contributed by atoms with van der Waals surface area (Å²) in [6, 6.07) is 0. The Morgan fingerprint density at radius 2 is 2.67 bits per heavy atom. The van der Waals surface area contributed by atoms with E-state index in [1.807, 2.05) is 5.41 Å². The van der Waals surface area contributed by atoms with Gasteiger partial charge in [0.15, 0.2) is 0 Å². The summed E-state index contributed by atoms with van der Waals surface area (Å²) in [5, 5.41) is 1.94. The Hall–Kier alpha value is 0.590. The van der Waals surface area contributed by atoms with Crippen molar-refractivity contribution in [2.24, 2.45) is 4.36 Å². The monoisotopic (exact) mass is 137 g/mol. The van der Waals surface area contributed by atoms with Crippen LogP contribution in [0.5, 0.6) is 0 Å². The van der Waals surface area contributed by atoms with Crippen LogP contribution in [-0.4, -0.2) is 0 Å². The smallest absolute Gasteiger partial charge is 0.0433 e. The van der Waals surface area contributed by atoms with E-state index in [-0.39, 0.29) is 8.76 Å². The van der Waals surface area contributed by atoms with E-state index in [1.165, 1.54) is 0 Å². The largest absolute Gasteiger partial charge is 0.214 e. The molecule has 0 aromatic rings. The SMILES string of the molecule is SS1=NC=CS1. The predicted octanol–water partition coefficient (Wildman–Crippen LogP) is 1.77. The fourth-order valence-corrected chi connectivity index (χ4v) is 2.03. The number of hydrogen-bond acceptors (Lipinski definition) is 2.